The summed E-state index contributed by atoms with van der Waals surface area (Å²) >= 11 is 0. The maximum absolute atomic E-state index is 13.4. The lowest BCUT2D eigenvalue weighted by Crippen LogP contribution is -2.77. The van der Waals surface area contributed by atoms with Gasteiger partial charge in [0, 0.05) is 5.34 Å². The van der Waals surface area contributed by atoms with Crippen LogP contribution < -0.4 is 0 Å². The van der Waals surface area contributed by atoms with Gasteiger partial charge in [-0.15, -0.1) is 8.96 Å². The average molecular weight is 635 g/mol. The smallest absolute Gasteiger partial charge is 0.198 e. The zero-order valence-corrected chi connectivity index (χ0v) is 16.1. The van der Waals surface area contributed by atoms with Crippen molar-refractivity contribution in [2.45, 2.75) is 65.4 Å². The highest BCUT2D eigenvalue weighted by Crippen LogP contribution is 2.67. The van der Waals surface area contributed by atoms with Crippen molar-refractivity contribution in [2.75, 3.05) is 6.54 Å². The van der Waals surface area contributed by atoms with Crippen LogP contribution in [0.15, 0.2) is 0 Å². The molecule has 230 valence electrons. The Morgan fingerprint density at radius 2 is 0.474 bits per heavy atom. The van der Waals surface area contributed by atoms with E-state index in [-0.39, 0.29) is 0 Å². The first-order chi connectivity index (χ1) is 15.9. The molecule has 0 atom stereocenters. The van der Waals surface area contributed by atoms with Crippen LogP contribution in [0.3, 0.4) is 0 Å². The molecule has 38 heavy (non-hydrogen) atoms. The Morgan fingerprint density at radius 3 is 0.658 bits per heavy atom. The van der Waals surface area contributed by atoms with Gasteiger partial charge in [0.25, 0.3) is 0 Å². The molecule has 0 bridgehead atoms. The van der Waals surface area contributed by atoms with E-state index < -0.39 is 77.3 Å². The lowest BCUT2D eigenvalue weighted by molar-refractivity contribution is -0.479. The summed E-state index contributed by atoms with van der Waals surface area (Å²) < 4.78 is 322. The van der Waals surface area contributed by atoms with Gasteiger partial charge in [0.15, 0.2) is 0 Å². The molecule has 0 fully saturated rings. The summed E-state index contributed by atoms with van der Waals surface area (Å²) in [4.78, 5) is 0. The van der Waals surface area contributed by atoms with E-state index in [2.05, 4.69) is 0 Å². The highest BCUT2D eigenvalue weighted by atomic mass is 19.4. The summed E-state index contributed by atoms with van der Waals surface area (Å²) in [5, 5.41) is -3.24. The zero-order valence-electron chi connectivity index (χ0n) is 16.1. The largest absolute Gasteiger partial charge is 0.460 e. The third-order valence-corrected chi connectivity index (χ3v) is 4.29. The molecule has 0 spiro atoms. The molecular formula is C12H2F25N. The second kappa shape index (κ2) is 8.86. The Labute approximate surface area is 189 Å². The van der Waals surface area contributed by atoms with Gasteiger partial charge in [-0.25, -0.2) is 0 Å². The standard InChI is InChI=1S/C12H2F25N/c13-2(14,1-38(36)37)3(15,16)4(17,18)5(19,20)6(21,22)7(23,24)8(25,26)9(27,28)10(29,30)11(31,32)12(33,34)35/h1H2. The van der Waals surface area contributed by atoms with E-state index in [0.29, 0.717) is 0 Å². The van der Waals surface area contributed by atoms with Crippen molar-refractivity contribution < 1.29 is 110 Å². The van der Waals surface area contributed by atoms with Gasteiger partial charge in [-0.05, 0) is 0 Å². The second-order valence-corrected chi connectivity index (χ2v) is 6.83. The molecule has 0 aliphatic carbocycles. The Morgan fingerprint density at radius 1 is 0.289 bits per heavy atom. The lowest BCUT2D eigenvalue weighted by Gasteiger charge is -2.45. The van der Waals surface area contributed by atoms with Crippen molar-refractivity contribution in [1.29, 1.82) is 0 Å². The SMILES string of the molecule is FN(F)CC(F)(F)C(F)(F)C(F)(F)C(F)(F)C(F)(F)C(F)(F)C(F)(F)C(F)(F)C(F)(F)C(F)(F)C(F)(F)F. The predicted octanol–water partition coefficient (Wildman–Crippen LogP) is 7.97. The zero-order chi connectivity index (χ0) is 31.8. The van der Waals surface area contributed by atoms with Gasteiger partial charge in [-0.1, -0.05) is 0 Å². The first-order valence-corrected chi connectivity index (χ1v) is 7.85. The van der Waals surface area contributed by atoms with E-state index in [9.17, 15) is 110 Å². The molecule has 0 aromatic carbocycles. The normalized spacial score (nSPS) is 16.9. The second-order valence-electron chi connectivity index (χ2n) is 6.83. The minimum Gasteiger partial charge on any atom is -0.198 e. The summed E-state index contributed by atoms with van der Waals surface area (Å²) in [7, 11) is 0. The van der Waals surface area contributed by atoms with Crippen molar-refractivity contribution in [3.63, 3.8) is 0 Å². The van der Waals surface area contributed by atoms with Crippen molar-refractivity contribution in [2.24, 2.45) is 0 Å². The quantitative estimate of drug-likeness (QED) is 0.165. The number of halogens is 25. The fourth-order valence-electron chi connectivity index (χ4n) is 2.04. The third kappa shape index (κ3) is 4.34. The van der Waals surface area contributed by atoms with Crippen molar-refractivity contribution >= 4 is 0 Å². The molecule has 0 aromatic rings. The highest BCUT2D eigenvalue weighted by Gasteiger charge is 2.98. The molecule has 0 radical (unpaired) electrons. The number of hydrogen-bond donors (Lipinski definition) is 0. The average Bonchev–Trinajstić information content (AvgIpc) is 2.64. The fourth-order valence-corrected chi connectivity index (χ4v) is 2.04. The van der Waals surface area contributed by atoms with Crippen molar-refractivity contribution in [3.8, 4) is 0 Å². The molecule has 0 aliphatic rings. The molecule has 0 unspecified atom stereocenters. The van der Waals surface area contributed by atoms with E-state index in [1.807, 2.05) is 0 Å². The molecule has 0 aliphatic heterocycles. The van der Waals surface area contributed by atoms with Crippen LogP contribution in [-0.2, 0) is 0 Å². The fraction of sp³-hybridized carbons (Fsp3) is 1.00. The Kier molecular flexibility index (Phi) is 8.44. The summed E-state index contributed by atoms with van der Waals surface area (Å²) in [5.74, 6) is -89.6. The van der Waals surface area contributed by atoms with E-state index in [0.717, 1.165) is 0 Å². The van der Waals surface area contributed by atoms with Crippen LogP contribution in [0.4, 0.5) is 110 Å². The van der Waals surface area contributed by atoms with Crippen LogP contribution in [0, 0.1) is 0 Å². The predicted molar refractivity (Wildman–Crippen MR) is 64.4 cm³/mol. The Hall–Kier alpha value is -1.79. The maximum atomic E-state index is 13.4. The minimum atomic E-state index is -9.51. The molecule has 0 aromatic heterocycles. The Balaban J connectivity index is 7.18. The number of rotatable bonds is 11. The number of alkyl halides is 23. The molecular weight excluding hydrogens is 633 g/mol. The molecule has 0 rings (SSSR count). The summed E-state index contributed by atoms with van der Waals surface area (Å²) in [6.07, 6.45) is -8.14. The van der Waals surface area contributed by atoms with Crippen LogP contribution in [0.2, 0.25) is 0 Å². The first-order valence-electron chi connectivity index (χ1n) is 7.85. The molecule has 0 heterocycles. The van der Waals surface area contributed by atoms with Crippen molar-refractivity contribution in [3.05, 3.63) is 0 Å². The van der Waals surface area contributed by atoms with E-state index in [4.69, 9.17) is 0 Å². The minimum absolute atomic E-state index is 3.24. The third-order valence-electron chi connectivity index (χ3n) is 4.29. The highest BCUT2D eigenvalue weighted by molar-refractivity contribution is 5.19. The van der Waals surface area contributed by atoms with Gasteiger partial charge in [0.1, 0.15) is 6.54 Å². The van der Waals surface area contributed by atoms with Gasteiger partial charge in [0.05, 0.1) is 0 Å². The molecule has 0 saturated carbocycles. The van der Waals surface area contributed by atoms with Gasteiger partial charge < -0.3 is 0 Å². The van der Waals surface area contributed by atoms with Gasteiger partial charge in [0.2, 0.25) is 0 Å². The topological polar surface area (TPSA) is 3.24 Å². The molecule has 26 heteroatoms. The van der Waals surface area contributed by atoms with E-state index in [1.165, 1.54) is 0 Å². The molecule has 0 amide bonds. The molecule has 1 nitrogen and oxygen atoms in total. The van der Waals surface area contributed by atoms with Crippen LogP contribution in [0.1, 0.15) is 0 Å². The van der Waals surface area contributed by atoms with Crippen LogP contribution in [-0.4, -0.2) is 77.3 Å². The van der Waals surface area contributed by atoms with Crippen LogP contribution in [0.25, 0.3) is 0 Å². The van der Waals surface area contributed by atoms with Crippen LogP contribution >= 0.6 is 0 Å². The number of nitrogens with zero attached hydrogens (tertiary/aromatic N) is 1. The summed E-state index contributed by atoms with van der Waals surface area (Å²) in [6.45, 7) is -4.14. The van der Waals surface area contributed by atoms with E-state index in [1.54, 1.807) is 0 Å². The van der Waals surface area contributed by atoms with Gasteiger partial charge >= 0.3 is 65.4 Å². The lowest BCUT2D eigenvalue weighted by atomic mass is 9.85. The van der Waals surface area contributed by atoms with Gasteiger partial charge in [-0.2, -0.15) is 101 Å². The van der Waals surface area contributed by atoms with Gasteiger partial charge in [-0.3, -0.25) is 0 Å². The monoisotopic (exact) mass is 635 g/mol. The Bertz CT molecular complexity index is 847. The first kappa shape index (κ1) is 36.2. The summed E-state index contributed by atoms with van der Waals surface area (Å²) in [6, 6.07) is 0. The maximum Gasteiger partial charge on any atom is 0.460 e. The molecule has 0 N–H and O–H groups in total. The van der Waals surface area contributed by atoms with E-state index >= 15 is 0 Å². The molecule has 0 saturated heterocycles. The number of hydrogen-bond acceptors (Lipinski definition) is 1. The van der Waals surface area contributed by atoms with Crippen LogP contribution in [0.5, 0.6) is 0 Å². The summed E-state index contributed by atoms with van der Waals surface area (Å²) in [5.41, 5.74) is 0. The van der Waals surface area contributed by atoms with Crippen molar-refractivity contribution in [1.82, 2.24) is 5.34 Å².